The van der Waals surface area contributed by atoms with Crippen LogP contribution in [0.4, 0.5) is 0 Å². The van der Waals surface area contributed by atoms with E-state index >= 15 is 0 Å². The third-order valence-corrected chi connectivity index (χ3v) is 2.37. The van der Waals surface area contributed by atoms with Gasteiger partial charge in [-0.15, -0.1) is 0 Å². The molecule has 5 heteroatoms. The summed E-state index contributed by atoms with van der Waals surface area (Å²) in [6.07, 6.45) is 4.24. The van der Waals surface area contributed by atoms with E-state index in [2.05, 4.69) is 15.0 Å². The lowest BCUT2D eigenvalue weighted by molar-refractivity contribution is 0.177. The van der Waals surface area contributed by atoms with Gasteiger partial charge in [0.1, 0.15) is 11.8 Å². The van der Waals surface area contributed by atoms with Gasteiger partial charge in [0.05, 0.1) is 5.69 Å². The second-order valence-corrected chi connectivity index (χ2v) is 3.96. The van der Waals surface area contributed by atoms with Gasteiger partial charge in [-0.1, -0.05) is 17.7 Å². The second-order valence-electron chi connectivity index (χ2n) is 3.57. The molecule has 0 unspecified atom stereocenters. The molecular weight excluding hydrogens is 238 g/mol. The van der Waals surface area contributed by atoms with Crippen LogP contribution in [0.15, 0.2) is 30.6 Å². The van der Waals surface area contributed by atoms with Gasteiger partial charge in [0, 0.05) is 25.9 Å². The van der Waals surface area contributed by atoms with E-state index in [0.29, 0.717) is 24.0 Å². The minimum Gasteiger partial charge on any atom is -0.377 e. The minimum atomic E-state index is 0.362. The third-order valence-electron chi connectivity index (χ3n) is 2.18. The summed E-state index contributed by atoms with van der Waals surface area (Å²) in [5.41, 5.74) is 1.95. The lowest BCUT2D eigenvalue weighted by Crippen LogP contribution is -2.02. The molecule has 2 aromatic heterocycles. The maximum absolute atomic E-state index is 5.93. The van der Waals surface area contributed by atoms with Crippen LogP contribution in [0.2, 0.25) is 5.15 Å². The van der Waals surface area contributed by atoms with Gasteiger partial charge in [-0.3, -0.25) is 4.98 Å². The molecule has 2 aromatic rings. The summed E-state index contributed by atoms with van der Waals surface area (Å²) in [4.78, 5) is 12.5. The highest BCUT2D eigenvalue weighted by molar-refractivity contribution is 6.29. The number of aromatic nitrogens is 3. The molecule has 0 aliphatic heterocycles. The predicted octanol–water partition coefficient (Wildman–Crippen LogP) is 2.26. The Morgan fingerprint density at radius 3 is 2.94 bits per heavy atom. The van der Waals surface area contributed by atoms with Crippen LogP contribution in [-0.2, 0) is 17.8 Å². The van der Waals surface area contributed by atoms with Crippen LogP contribution < -0.4 is 0 Å². The predicted molar refractivity (Wildman–Crippen MR) is 64.8 cm³/mol. The lowest BCUT2D eigenvalue weighted by atomic mass is 10.1. The van der Waals surface area contributed by atoms with Gasteiger partial charge in [0.15, 0.2) is 5.82 Å². The molecule has 0 saturated heterocycles. The molecule has 88 valence electrons. The van der Waals surface area contributed by atoms with Gasteiger partial charge in [-0.2, -0.15) is 0 Å². The molecule has 2 heterocycles. The first-order chi connectivity index (χ1) is 8.28. The smallest absolute Gasteiger partial charge is 0.155 e. The number of rotatable bonds is 4. The van der Waals surface area contributed by atoms with Crippen molar-refractivity contribution in [2.24, 2.45) is 0 Å². The molecule has 0 aliphatic rings. The number of halogens is 1. The van der Waals surface area contributed by atoms with Gasteiger partial charge in [0.2, 0.25) is 0 Å². The molecule has 2 rings (SSSR count). The van der Waals surface area contributed by atoms with Gasteiger partial charge in [-0.25, -0.2) is 9.97 Å². The molecule has 17 heavy (non-hydrogen) atoms. The van der Waals surface area contributed by atoms with E-state index in [0.717, 1.165) is 11.3 Å². The maximum atomic E-state index is 5.93. The van der Waals surface area contributed by atoms with E-state index in [-0.39, 0.29) is 0 Å². The van der Waals surface area contributed by atoms with Crippen molar-refractivity contribution in [2.45, 2.75) is 13.0 Å². The molecule has 0 bridgehead atoms. The van der Waals surface area contributed by atoms with Crippen molar-refractivity contribution >= 4 is 11.6 Å². The average molecular weight is 250 g/mol. The van der Waals surface area contributed by atoms with Crippen molar-refractivity contribution in [2.75, 3.05) is 7.11 Å². The van der Waals surface area contributed by atoms with Crippen molar-refractivity contribution in [3.8, 4) is 0 Å². The molecule has 0 radical (unpaired) electrons. The highest BCUT2D eigenvalue weighted by Gasteiger charge is 2.04. The minimum absolute atomic E-state index is 0.362. The van der Waals surface area contributed by atoms with E-state index in [4.69, 9.17) is 16.3 Å². The molecule has 0 fully saturated rings. The number of nitrogens with zero attached hydrogens (tertiary/aromatic N) is 3. The highest BCUT2D eigenvalue weighted by atomic mass is 35.5. The Hall–Kier alpha value is -1.52. The largest absolute Gasteiger partial charge is 0.377 e. The maximum Gasteiger partial charge on any atom is 0.155 e. The zero-order chi connectivity index (χ0) is 12.1. The lowest BCUT2D eigenvalue weighted by Gasteiger charge is -2.04. The standard InChI is InChI=1S/C12H12ClN3O/c1-17-8-12-15-10(6-11(13)16-12)5-9-3-2-4-14-7-9/h2-4,6-7H,5,8H2,1H3. The Morgan fingerprint density at radius 2 is 2.24 bits per heavy atom. The van der Waals surface area contributed by atoms with Crippen LogP contribution in [0.25, 0.3) is 0 Å². The number of pyridine rings is 1. The Labute approximate surface area is 105 Å². The van der Waals surface area contributed by atoms with Crippen LogP contribution >= 0.6 is 11.6 Å². The molecule has 0 amide bonds. The van der Waals surface area contributed by atoms with Crippen molar-refractivity contribution in [1.29, 1.82) is 0 Å². The Bertz CT molecular complexity index is 490. The van der Waals surface area contributed by atoms with E-state index < -0.39 is 0 Å². The molecule has 0 saturated carbocycles. The molecule has 0 spiro atoms. The fraction of sp³-hybridized carbons (Fsp3) is 0.250. The van der Waals surface area contributed by atoms with Crippen molar-refractivity contribution < 1.29 is 4.74 Å². The topological polar surface area (TPSA) is 47.9 Å². The normalized spacial score (nSPS) is 10.5. The summed E-state index contributed by atoms with van der Waals surface area (Å²) >= 11 is 5.93. The Morgan fingerprint density at radius 1 is 1.35 bits per heavy atom. The van der Waals surface area contributed by atoms with E-state index in [1.807, 2.05) is 18.3 Å². The first-order valence-corrected chi connectivity index (χ1v) is 5.56. The van der Waals surface area contributed by atoms with Gasteiger partial charge >= 0.3 is 0 Å². The second kappa shape index (κ2) is 5.70. The Balaban J connectivity index is 2.21. The van der Waals surface area contributed by atoms with Crippen LogP contribution in [0.3, 0.4) is 0 Å². The summed E-state index contributed by atoms with van der Waals surface area (Å²) in [6, 6.07) is 5.65. The molecule has 0 aromatic carbocycles. The summed E-state index contributed by atoms with van der Waals surface area (Å²) in [5.74, 6) is 0.596. The van der Waals surface area contributed by atoms with Crippen LogP contribution in [0.5, 0.6) is 0 Å². The molecule has 0 N–H and O–H groups in total. The van der Waals surface area contributed by atoms with Crippen LogP contribution in [-0.4, -0.2) is 22.1 Å². The monoisotopic (exact) mass is 249 g/mol. The first kappa shape index (κ1) is 12.0. The fourth-order valence-corrected chi connectivity index (χ4v) is 1.74. The zero-order valence-corrected chi connectivity index (χ0v) is 10.2. The van der Waals surface area contributed by atoms with E-state index in [1.165, 1.54) is 0 Å². The quantitative estimate of drug-likeness (QED) is 0.780. The molecule has 4 nitrogen and oxygen atoms in total. The van der Waals surface area contributed by atoms with E-state index in [9.17, 15) is 0 Å². The van der Waals surface area contributed by atoms with Gasteiger partial charge in [0.25, 0.3) is 0 Å². The first-order valence-electron chi connectivity index (χ1n) is 5.18. The van der Waals surface area contributed by atoms with Crippen molar-refractivity contribution in [3.63, 3.8) is 0 Å². The molecule has 0 atom stereocenters. The van der Waals surface area contributed by atoms with Gasteiger partial charge in [-0.05, 0) is 17.7 Å². The summed E-state index contributed by atoms with van der Waals surface area (Å²) < 4.78 is 4.99. The summed E-state index contributed by atoms with van der Waals surface area (Å²) in [5, 5.41) is 0.436. The van der Waals surface area contributed by atoms with Crippen LogP contribution in [0.1, 0.15) is 17.1 Å². The highest BCUT2D eigenvalue weighted by Crippen LogP contribution is 2.11. The number of methoxy groups -OCH3 is 1. The Kier molecular flexibility index (Phi) is 4.01. The van der Waals surface area contributed by atoms with Crippen molar-refractivity contribution in [1.82, 2.24) is 15.0 Å². The van der Waals surface area contributed by atoms with Gasteiger partial charge < -0.3 is 4.74 Å². The fourth-order valence-electron chi connectivity index (χ4n) is 1.51. The zero-order valence-electron chi connectivity index (χ0n) is 9.43. The summed E-state index contributed by atoms with van der Waals surface area (Å²) in [6.45, 7) is 0.362. The third kappa shape index (κ3) is 3.47. The molecule has 0 aliphatic carbocycles. The van der Waals surface area contributed by atoms with E-state index in [1.54, 1.807) is 19.4 Å². The SMILES string of the molecule is COCc1nc(Cl)cc(Cc2cccnc2)n1. The summed E-state index contributed by atoms with van der Waals surface area (Å²) in [7, 11) is 1.60. The molecular formula is C12H12ClN3O. The van der Waals surface area contributed by atoms with Crippen LogP contribution in [0, 0.1) is 0 Å². The average Bonchev–Trinajstić information content (AvgIpc) is 2.30. The number of ether oxygens (including phenoxy) is 1. The van der Waals surface area contributed by atoms with Crippen molar-refractivity contribution in [3.05, 3.63) is 52.8 Å². The number of hydrogen-bond donors (Lipinski definition) is 0. The number of hydrogen-bond acceptors (Lipinski definition) is 4.